The van der Waals surface area contributed by atoms with Crippen LogP contribution in [0.1, 0.15) is 44.1 Å². The quantitative estimate of drug-likeness (QED) is 0.911. The van der Waals surface area contributed by atoms with Gasteiger partial charge in [-0.15, -0.1) is 5.10 Å². The molecule has 3 rings (SSSR count). The molecule has 1 saturated heterocycles. The Labute approximate surface area is 151 Å². The molecule has 0 aliphatic carbocycles. The summed E-state index contributed by atoms with van der Waals surface area (Å²) in [4.78, 5) is 27.2. The molecule has 0 atom stereocenters. The number of amides is 2. The normalized spacial score (nSPS) is 15.2. The number of rotatable bonds is 4. The summed E-state index contributed by atoms with van der Waals surface area (Å²) in [5.74, 6) is 0.399. The van der Waals surface area contributed by atoms with E-state index in [0.717, 1.165) is 35.5 Å². The molecule has 2 heterocycles. The summed E-state index contributed by atoms with van der Waals surface area (Å²) >= 11 is 1.16. The van der Waals surface area contributed by atoms with Gasteiger partial charge in [0.25, 0.3) is 11.8 Å². The molecule has 1 aliphatic rings. The average molecular weight is 358 g/mol. The fourth-order valence-corrected chi connectivity index (χ4v) is 3.70. The lowest BCUT2D eigenvalue weighted by Gasteiger charge is -2.31. The van der Waals surface area contributed by atoms with Crippen LogP contribution in [0.3, 0.4) is 0 Å². The van der Waals surface area contributed by atoms with Crippen molar-refractivity contribution in [1.29, 1.82) is 0 Å². The van der Waals surface area contributed by atoms with Gasteiger partial charge in [-0.25, -0.2) is 0 Å². The van der Waals surface area contributed by atoms with E-state index in [1.165, 1.54) is 0 Å². The standard InChI is InChI=1S/C18H22N4O2S/c1-12-5-3-4-6-15(12)17(23)19-11-14-7-9-22(10-8-14)18(24)16-13(2)20-21-25-16/h3-6,14H,7-11H2,1-2H3,(H,19,23). The molecule has 6 nitrogen and oxygen atoms in total. The summed E-state index contributed by atoms with van der Waals surface area (Å²) in [5, 5.41) is 6.94. The first-order valence-corrected chi connectivity index (χ1v) is 9.25. The van der Waals surface area contributed by atoms with Crippen LogP contribution in [0.4, 0.5) is 0 Å². The molecule has 0 bridgehead atoms. The monoisotopic (exact) mass is 358 g/mol. The maximum absolute atomic E-state index is 12.5. The maximum atomic E-state index is 12.5. The van der Waals surface area contributed by atoms with E-state index < -0.39 is 0 Å². The van der Waals surface area contributed by atoms with Crippen LogP contribution in [0.15, 0.2) is 24.3 Å². The number of piperidine rings is 1. The number of aromatic nitrogens is 2. The lowest BCUT2D eigenvalue weighted by Crippen LogP contribution is -2.41. The summed E-state index contributed by atoms with van der Waals surface area (Å²) < 4.78 is 3.83. The number of nitrogens with one attached hydrogen (secondary N) is 1. The Hall–Kier alpha value is -2.28. The molecule has 132 valence electrons. The maximum Gasteiger partial charge on any atom is 0.267 e. The van der Waals surface area contributed by atoms with Crippen molar-refractivity contribution in [3.8, 4) is 0 Å². The van der Waals surface area contributed by atoms with E-state index in [0.29, 0.717) is 36.1 Å². The third-order valence-electron chi connectivity index (χ3n) is 4.69. The highest BCUT2D eigenvalue weighted by Gasteiger charge is 2.26. The van der Waals surface area contributed by atoms with Gasteiger partial charge in [-0.05, 0) is 55.8 Å². The smallest absolute Gasteiger partial charge is 0.267 e. The Bertz CT molecular complexity index is 766. The molecule has 1 aromatic carbocycles. The van der Waals surface area contributed by atoms with Crippen LogP contribution in [0.2, 0.25) is 0 Å². The predicted molar refractivity (Wildman–Crippen MR) is 96.8 cm³/mol. The van der Waals surface area contributed by atoms with Crippen molar-refractivity contribution in [2.45, 2.75) is 26.7 Å². The largest absolute Gasteiger partial charge is 0.352 e. The Morgan fingerprint density at radius 1 is 1.24 bits per heavy atom. The van der Waals surface area contributed by atoms with Crippen LogP contribution in [0.25, 0.3) is 0 Å². The molecular weight excluding hydrogens is 336 g/mol. The van der Waals surface area contributed by atoms with Crippen molar-refractivity contribution in [3.05, 3.63) is 46.0 Å². The van der Waals surface area contributed by atoms with Crippen molar-refractivity contribution in [2.75, 3.05) is 19.6 Å². The minimum absolute atomic E-state index is 0.0231. The zero-order valence-electron chi connectivity index (χ0n) is 14.5. The lowest BCUT2D eigenvalue weighted by molar-refractivity contribution is 0.0688. The van der Waals surface area contributed by atoms with Crippen molar-refractivity contribution >= 4 is 23.3 Å². The molecular formula is C18H22N4O2S. The predicted octanol–water partition coefficient (Wildman–Crippen LogP) is 2.44. The number of carbonyl (C=O) groups excluding carboxylic acids is 2. The summed E-state index contributed by atoms with van der Waals surface area (Å²) in [6, 6.07) is 7.59. The molecule has 0 radical (unpaired) electrons. The van der Waals surface area contributed by atoms with Crippen LogP contribution >= 0.6 is 11.5 Å². The summed E-state index contributed by atoms with van der Waals surface area (Å²) in [5.41, 5.74) is 2.40. The SMILES string of the molecule is Cc1ccccc1C(=O)NCC1CCN(C(=O)c2snnc2C)CC1. The van der Waals surface area contributed by atoms with Crippen molar-refractivity contribution in [1.82, 2.24) is 19.8 Å². The number of nitrogens with zero attached hydrogens (tertiary/aromatic N) is 3. The second kappa shape index (κ2) is 7.74. The highest BCUT2D eigenvalue weighted by molar-refractivity contribution is 7.07. The molecule has 1 aliphatic heterocycles. The summed E-state index contributed by atoms with van der Waals surface area (Å²) in [6.45, 7) is 5.82. The topological polar surface area (TPSA) is 75.2 Å². The average Bonchev–Trinajstić information content (AvgIpc) is 3.06. The fourth-order valence-electron chi connectivity index (χ4n) is 3.07. The number of hydrogen-bond donors (Lipinski definition) is 1. The number of likely N-dealkylation sites (tertiary alicyclic amines) is 1. The van der Waals surface area contributed by atoms with Crippen molar-refractivity contribution < 1.29 is 9.59 Å². The molecule has 7 heteroatoms. The van der Waals surface area contributed by atoms with Crippen molar-refractivity contribution in [2.24, 2.45) is 5.92 Å². The number of benzene rings is 1. The van der Waals surface area contributed by atoms with Crippen LogP contribution in [-0.4, -0.2) is 45.9 Å². The molecule has 25 heavy (non-hydrogen) atoms. The molecule has 0 unspecified atom stereocenters. The molecule has 0 spiro atoms. The Morgan fingerprint density at radius 2 is 1.96 bits per heavy atom. The lowest BCUT2D eigenvalue weighted by atomic mass is 9.96. The van der Waals surface area contributed by atoms with Gasteiger partial charge in [0.05, 0.1) is 5.69 Å². The number of aryl methyl sites for hydroxylation is 2. The van der Waals surface area contributed by atoms with Gasteiger partial charge in [0.1, 0.15) is 4.88 Å². The third kappa shape index (κ3) is 4.04. The molecule has 1 N–H and O–H groups in total. The van der Waals surface area contributed by atoms with Gasteiger partial charge in [0.2, 0.25) is 0 Å². The molecule has 1 fully saturated rings. The van der Waals surface area contributed by atoms with Gasteiger partial charge in [-0.3, -0.25) is 9.59 Å². The van der Waals surface area contributed by atoms with E-state index >= 15 is 0 Å². The van der Waals surface area contributed by atoms with E-state index in [9.17, 15) is 9.59 Å². The Kier molecular flexibility index (Phi) is 5.43. The highest BCUT2D eigenvalue weighted by Crippen LogP contribution is 2.20. The van der Waals surface area contributed by atoms with E-state index in [1.54, 1.807) is 0 Å². The fraction of sp³-hybridized carbons (Fsp3) is 0.444. The van der Waals surface area contributed by atoms with Gasteiger partial charge in [-0.2, -0.15) is 0 Å². The van der Waals surface area contributed by atoms with E-state index in [4.69, 9.17) is 0 Å². The van der Waals surface area contributed by atoms with Gasteiger partial charge in [-0.1, -0.05) is 22.7 Å². The first-order valence-electron chi connectivity index (χ1n) is 8.48. The zero-order valence-corrected chi connectivity index (χ0v) is 15.3. The third-order valence-corrected chi connectivity index (χ3v) is 5.50. The van der Waals surface area contributed by atoms with E-state index in [-0.39, 0.29) is 11.8 Å². The van der Waals surface area contributed by atoms with Crippen LogP contribution in [-0.2, 0) is 0 Å². The first kappa shape index (κ1) is 17.5. The first-order chi connectivity index (χ1) is 12.1. The van der Waals surface area contributed by atoms with Gasteiger partial charge < -0.3 is 10.2 Å². The van der Waals surface area contributed by atoms with E-state index in [2.05, 4.69) is 14.9 Å². The zero-order chi connectivity index (χ0) is 17.8. The van der Waals surface area contributed by atoms with E-state index in [1.807, 2.05) is 43.0 Å². The molecule has 2 aromatic rings. The van der Waals surface area contributed by atoms with Gasteiger partial charge in [0, 0.05) is 25.2 Å². The second-order valence-corrected chi connectivity index (χ2v) is 7.20. The summed E-state index contributed by atoms with van der Waals surface area (Å²) in [6.07, 6.45) is 1.79. The van der Waals surface area contributed by atoms with Crippen LogP contribution in [0, 0.1) is 19.8 Å². The molecule has 1 aromatic heterocycles. The molecule has 2 amide bonds. The van der Waals surface area contributed by atoms with Gasteiger partial charge >= 0.3 is 0 Å². The number of hydrogen-bond acceptors (Lipinski definition) is 5. The molecule has 0 saturated carbocycles. The second-order valence-electron chi connectivity index (χ2n) is 6.45. The summed E-state index contributed by atoms with van der Waals surface area (Å²) in [7, 11) is 0. The Morgan fingerprint density at radius 3 is 2.60 bits per heavy atom. The van der Waals surface area contributed by atoms with Crippen LogP contribution in [0.5, 0.6) is 0 Å². The van der Waals surface area contributed by atoms with Crippen LogP contribution < -0.4 is 5.32 Å². The van der Waals surface area contributed by atoms with Gasteiger partial charge in [0.15, 0.2) is 0 Å². The minimum Gasteiger partial charge on any atom is -0.352 e. The number of carbonyl (C=O) groups is 2. The minimum atomic E-state index is -0.0250. The highest BCUT2D eigenvalue weighted by atomic mass is 32.1. The Balaban J connectivity index is 1.48. The van der Waals surface area contributed by atoms with Crippen molar-refractivity contribution in [3.63, 3.8) is 0 Å².